The Morgan fingerprint density at radius 3 is 2.20 bits per heavy atom. The highest BCUT2D eigenvalue weighted by molar-refractivity contribution is 5.97. The van der Waals surface area contributed by atoms with E-state index in [1.165, 1.54) is 52.0 Å². The summed E-state index contributed by atoms with van der Waals surface area (Å²) in [4.78, 5) is 98.2. The number of ether oxygens (including phenoxy) is 8. The molecule has 1 aromatic rings. The zero-order valence-corrected chi connectivity index (χ0v) is 37.7. The summed E-state index contributed by atoms with van der Waals surface area (Å²) >= 11 is 0. The molecule has 1 amide bonds. The van der Waals surface area contributed by atoms with Crippen molar-refractivity contribution in [2.45, 2.75) is 148 Å². The molecule has 64 heavy (non-hydrogen) atoms. The van der Waals surface area contributed by atoms with Crippen LogP contribution < -0.4 is 5.32 Å². The summed E-state index contributed by atoms with van der Waals surface area (Å²) in [5.74, 6) is -6.75. The molecular weight excluding hydrogens is 838 g/mol. The molecule has 2 saturated carbocycles. The number of hydrogen-bond acceptors (Lipinski definition) is 17. The maximum atomic E-state index is 15.8. The molecule has 12 atom stereocenters. The van der Waals surface area contributed by atoms with Gasteiger partial charge in [0.1, 0.15) is 11.7 Å². The van der Waals surface area contributed by atoms with Gasteiger partial charge < -0.3 is 53.4 Å². The molecule has 0 radical (unpaired) electrons. The zero-order valence-electron chi connectivity index (χ0n) is 37.7. The van der Waals surface area contributed by atoms with Gasteiger partial charge in [-0.2, -0.15) is 0 Å². The van der Waals surface area contributed by atoms with E-state index in [1.807, 2.05) is 0 Å². The lowest BCUT2D eigenvalue weighted by atomic mass is 9.44. The first-order valence-corrected chi connectivity index (χ1v) is 21.0. The highest BCUT2D eigenvalue weighted by Gasteiger charge is 2.83. The standard InChI is InChI=1S/C46H57NO17/c1-12-16-29(50)58-33-30-23(4)32(59-39(54)31(51)26(19-22(2)3)47-40(55)63-42(6,7)8)36-46(43(30,9)10,64-41(56)61-36)37(60-38(53)25-17-14-13-15-18-25)34-44(11,35(33)52)27(49)20-28-45(34,21-57-28)62-24(5)48/h12-19,26-28,31-34,36-37,49,51H,20-21H2,1-11H3,(H,47,55)/b16-12+/t26-,27-,28?,31+,32+,33+,34?,36?,37-,44+,45-,46?/m0/s1. The van der Waals surface area contributed by atoms with Gasteiger partial charge in [0.05, 0.1) is 35.6 Å². The number of ketones is 1. The smallest absolute Gasteiger partial charge is 0.454 e. The van der Waals surface area contributed by atoms with Gasteiger partial charge in [-0.05, 0) is 78.7 Å². The summed E-state index contributed by atoms with van der Waals surface area (Å²) in [6, 6.07) is 6.27. The Bertz CT molecular complexity index is 2180. The number of alkyl carbamates (subject to hydrolysis) is 1. The van der Waals surface area contributed by atoms with Crippen LogP contribution in [0.2, 0.25) is 0 Å². The highest BCUT2D eigenvalue weighted by Crippen LogP contribution is 2.67. The van der Waals surface area contributed by atoms with Crippen molar-refractivity contribution in [1.29, 1.82) is 0 Å². The van der Waals surface area contributed by atoms with E-state index in [-0.39, 0.29) is 29.7 Å². The quantitative estimate of drug-likeness (QED) is 0.129. The van der Waals surface area contributed by atoms with Crippen LogP contribution in [-0.4, -0.2) is 124 Å². The number of esters is 4. The molecule has 1 spiro atoms. The third-order valence-electron chi connectivity index (χ3n) is 12.9. The third kappa shape index (κ3) is 7.97. The van der Waals surface area contributed by atoms with Gasteiger partial charge in [-0.25, -0.2) is 24.0 Å². The SMILES string of the molecule is C/C=C/C(=O)O[C@H]1C(=O)[C@@]2(C)C([C@H](OC(=O)c3ccccc3)C34OC(=O)OC3[C@H](OC(=O)[C@H](O)[C@H](C=C(C)C)NC(=O)OC(C)(C)C)C(C)=C1C4(C)C)[C@]1(OC(C)=O)COC1C[C@@H]2O. The van der Waals surface area contributed by atoms with E-state index in [4.69, 9.17) is 37.9 Å². The Balaban J connectivity index is 1.64. The number of aliphatic hydroxyl groups is 2. The first kappa shape index (κ1) is 47.9. The summed E-state index contributed by atoms with van der Waals surface area (Å²) in [6.45, 7) is 16.3. The number of allylic oxidation sites excluding steroid dienone is 2. The van der Waals surface area contributed by atoms with Crippen LogP contribution in [0, 0.1) is 16.7 Å². The molecule has 2 aliphatic heterocycles. The number of hydrogen-bond donors (Lipinski definition) is 3. The van der Waals surface area contributed by atoms with Crippen molar-refractivity contribution in [3.63, 3.8) is 0 Å². The fourth-order valence-electron chi connectivity index (χ4n) is 10.3. The number of carbonyl (C=O) groups is 7. The Morgan fingerprint density at radius 2 is 1.64 bits per heavy atom. The van der Waals surface area contributed by atoms with Gasteiger partial charge in [0.2, 0.25) is 5.60 Å². The van der Waals surface area contributed by atoms with Gasteiger partial charge in [0, 0.05) is 24.8 Å². The highest BCUT2D eigenvalue weighted by atomic mass is 16.8. The van der Waals surface area contributed by atoms with Gasteiger partial charge in [0.25, 0.3) is 0 Å². The largest absolute Gasteiger partial charge is 0.509 e. The number of benzene rings is 1. The van der Waals surface area contributed by atoms with E-state index in [9.17, 15) is 39.0 Å². The van der Waals surface area contributed by atoms with Crippen LogP contribution in [0.3, 0.4) is 0 Å². The lowest BCUT2D eigenvalue weighted by Gasteiger charge is -2.67. The molecule has 348 valence electrons. The molecule has 2 bridgehead atoms. The lowest BCUT2D eigenvalue weighted by molar-refractivity contribution is -0.345. The first-order chi connectivity index (χ1) is 29.8. The number of amides is 1. The lowest BCUT2D eigenvalue weighted by Crippen LogP contribution is -2.83. The molecule has 18 heteroatoms. The van der Waals surface area contributed by atoms with E-state index in [2.05, 4.69) is 5.32 Å². The fraction of sp³-hybridized carbons (Fsp3) is 0.587. The van der Waals surface area contributed by atoms with E-state index < -0.39 is 124 Å². The van der Waals surface area contributed by atoms with Crippen molar-refractivity contribution in [2.24, 2.45) is 16.7 Å². The average Bonchev–Trinajstić information content (AvgIpc) is 3.55. The van der Waals surface area contributed by atoms with Gasteiger partial charge >= 0.3 is 36.1 Å². The minimum atomic E-state index is -2.39. The molecule has 1 aromatic carbocycles. The Kier molecular flexibility index (Phi) is 12.8. The number of carbonyl (C=O) groups excluding carboxylic acids is 7. The van der Waals surface area contributed by atoms with Crippen LogP contribution in [0.25, 0.3) is 0 Å². The van der Waals surface area contributed by atoms with E-state index in [0.29, 0.717) is 5.57 Å². The van der Waals surface area contributed by atoms with Crippen molar-refractivity contribution in [3.05, 3.63) is 70.8 Å². The molecule has 4 unspecified atom stereocenters. The van der Waals surface area contributed by atoms with Gasteiger partial charge in [-0.1, -0.05) is 49.8 Å². The van der Waals surface area contributed by atoms with Crippen LogP contribution in [0.15, 0.2) is 65.3 Å². The number of Topliss-reactive ketones (excluding diaryl/α,β-unsaturated/α-hetero) is 1. The van der Waals surface area contributed by atoms with Gasteiger partial charge in [-0.3, -0.25) is 9.59 Å². The van der Waals surface area contributed by atoms with Crippen molar-refractivity contribution >= 4 is 41.9 Å². The normalized spacial score (nSPS) is 33.4. The third-order valence-corrected chi connectivity index (χ3v) is 12.9. The van der Waals surface area contributed by atoms with E-state index >= 15 is 4.79 Å². The Labute approximate surface area is 370 Å². The average molecular weight is 896 g/mol. The Morgan fingerprint density at radius 1 is 0.984 bits per heavy atom. The summed E-state index contributed by atoms with van der Waals surface area (Å²) in [6.07, 6.45) is -11.1. The van der Waals surface area contributed by atoms with Gasteiger partial charge in [0.15, 0.2) is 41.9 Å². The first-order valence-electron chi connectivity index (χ1n) is 21.0. The van der Waals surface area contributed by atoms with Crippen LogP contribution >= 0.6 is 0 Å². The molecule has 3 N–H and O–H groups in total. The topological polar surface area (TPSA) is 246 Å². The number of rotatable bonds is 10. The predicted octanol–water partition coefficient (Wildman–Crippen LogP) is 4.13. The monoisotopic (exact) mass is 895 g/mol. The molecule has 2 heterocycles. The minimum absolute atomic E-state index is 0.00927. The summed E-state index contributed by atoms with van der Waals surface area (Å²) < 4.78 is 48.3. The number of nitrogens with one attached hydrogen (secondary N) is 1. The second-order valence-corrected chi connectivity index (χ2v) is 18.9. The second kappa shape index (κ2) is 17.1. The summed E-state index contributed by atoms with van der Waals surface area (Å²) in [7, 11) is 0. The molecular formula is C46H57NO17. The molecule has 18 nitrogen and oxygen atoms in total. The summed E-state index contributed by atoms with van der Waals surface area (Å²) in [5, 5.41) is 26.3. The van der Waals surface area contributed by atoms with Gasteiger partial charge in [-0.15, -0.1) is 0 Å². The van der Waals surface area contributed by atoms with Crippen LogP contribution in [-0.2, 0) is 57.1 Å². The van der Waals surface area contributed by atoms with Crippen LogP contribution in [0.1, 0.15) is 92.9 Å². The molecule has 0 aromatic heterocycles. The van der Waals surface area contributed by atoms with Crippen molar-refractivity contribution in [1.82, 2.24) is 5.32 Å². The molecule has 2 saturated heterocycles. The van der Waals surface area contributed by atoms with Crippen LogP contribution in [0.5, 0.6) is 0 Å². The second-order valence-electron chi connectivity index (χ2n) is 18.9. The fourth-order valence-corrected chi connectivity index (χ4v) is 10.3. The van der Waals surface area contributed by atoms with E-state index in [0.717, 1.165) is 13.0 Å². The maximum Gasteiger partial charge on any atom is 0.509 e. The minimum Gasteiger partial charge on any atom is -0.454 e. The van der Waals surface area contributed by atoms with Crippen molar-refractivity contribution in [3.8, 4) is 0 Å². The zero-order chi connectivity index (χ0) is 47.5. The van der Waals surface area contributed by atoms with Crippen molar-refractivity contribution < 1.29 is 81.7 Å². The number of fused-ring (bicyclic) bond motifs is 4. The van der Waals surface area contributed by atoms with Crippen LogP contribution in [0.4, 0.5) is 9.59 Å². The maximum absolute atomic E-state index is 15.8. The summed E-state index contributed by atoms with van der Waals surface area (Å²) in [5.41, 5.74) is -8.63. The van der Waals surface area contributed by atoms with E-state index in [1.54, 1.807) is 59.7 Å². The molecule has 3 aliphatic carbocycles. The molecule has 5 aliphatic rings. The number of aliphatic hydroxyl groups excluding tert-OH is 2. The Hall–Kier alpha value is -5.59. The molecule has 4 fully saturated rings. The predicted molar refractivity (Wildman–Crippen MR) is 221 cm³/mol. The molecule has 6 rings (SSSR count). The van der Waals surface area contributed by atoms with Crippen molar-refractivity contribution in [2.75, 3.05) is 6.61 Å².